The van der Waals surface area contributed by atoms with Gasteiger partial charge in [-0.3, -0.25) is 9.20 Å². The first-order valence-corrected chi connectivity index (χ1v) is 10.1. The van der Waals surface area contributed by atoms with E-state index in [4.69, 9.17) is 9.47 Å². The summed E-state index contributed by atoms with van der Waals surface area (Å²) < 4.78 is 12.4. The topological polar surface area (TPSA) is 69.9 Å². The Morgan fingerprint density at radius 3 is 2.70 bits per heavy atom. The molecule has 0 spiro atoms. The van der Waals surface area contributed by atoms with Gasteiger partial charge in [0.05, 0.1) is 18.4 Å². The zero-order valence-electron chi connectivity index (χ0n) is 16.1. The molecule has 30 heavy (non-hydrogen) atoms. The number of hydrogen-bond donors (Lipinski definition) is 0. The van der Waals surface area contributed by atoms with Crippen LogP contribution in [0.25, 0.3) is 16.6 Å². The zero-order chi connectivity index (χ0) is 20.9. The highest BCUT2D eigenvalue weighted by atomic mass is 32.1. The van der Waals surface area contributed by atoms with Crippen LogP contribution in [0.3, 0.4) is 0 Å². The number of carbonyl (C=O) groups excluding carboxylic acids is 1. The lowest BCUT2D eigenvalue weighted by Crippen LogP contribution is -2.15. The van der Waals surface area contributed by atoms with E-state index in [1.54, 1.807) is 24.8 Å². The fourth-order valence-corrected chi connectivity index (χ4v) is 3.74. The molecule has 4 aromatic rings. The second kappa shape index (κ2) is 8.75. The van der Waals surface area contributed by atoms with Crippen LogP contribution in [0.15, 0.2) is 77.0 Å². The Morgan fingerprint density at radius 1 is 1.13 bits per heavy atom. The molecule has 150 valence electrons. The van der Waals surface area contributed by atoms with Crippen molar-refractivity contribution in [3.05, 3.63) is 99.4 Å². The summed E-state index contributed by atoms with van der Waals surface area (Å²) in [7, 11) is 1.58. The van der Waals surface area contributed by atoms with Crippen LogP contribution in [-0.2, 0) is 16.1 Å². The molecule has 6 nitrogen and oxygen atoms in total. The molecule has 7 heteroatoms. The largest absolute Gasteiger partial charge is 0.496 e. The molecule has 0 saturated heterocycles. The number of esters is 1. The second-order valence-electron chi connectivity index (χ2n) is 6.38. The van der Waals surface area contributed by atoms with Crippen LogP contribution in [-0.4, -0.2) is 22.5 Å². The fourth-order valence-electron chi connectivity index (χ4n) is 3.00. The van der Waals surface area contributed by atoms with Gasteiger partial charge in [0, 0.05) is 23.2 Å². The third kappa shape index (κ3) is 4.16. The van der Waals surface area contributed by atoms with E-state index in [1.165, 1.54) is 21.8 Å². The lowest BCUT2D eigenvalue weighted by molar-refractivity contribution is -0.137. The minimum absolute atomic E-state index is 0.0986. The van der Waals surface area contributed by atoms with E-state index in [0.717, 1.165) is 11.1 Å². The number of hydrogen-bond acceptors (Lipinski definition) is 6. The second-order valence-corrected chi connectivity index (χ2v) is 7.26. The first-order valence-electron chi connectivity index (χ1n) is 9.19. The van der Waals surface area contributed by atoms with Gasteiger partial charge in [-0.15, -0.1) is 11.3 Å². The third-order valence-corrected chi connectivity index (χ3v) is 5.21. The fraction of sp³-hybridized carbons (Fsp3) is 0.0870. The molecular formula is C23H18N2O4S. The number of aromatic nitrogens is 2. The van der Waals surface area contributed by atoms with E-state index in [1.807, 2.05) is 54.6 Å². The van der Waals surface area contributed by atoms with Crippen LogP contribution >= 0.6 is 11.3 Å². The Balaban J connectivity index is 1.64. The van der Waals surface area contributed by atoms with E-state index in [0.29, 0.717) is 22.0 Å². The van der Waals surface area contributed by atoms with Gasteiger partial charge in [0.1, 0.15) is 12.4 Å². The van der Waals surface area contributed by atoms with Crippen LogP contribution in [0.1, 0.15) is 16.8 Å². The summed E-state index contributed by atoms with van der Waals surface area (Å²) in [5.41, 5.74) is 2.05. The Kier molecular flexibility index (Phi) is 5.72. The average Bonchev–Trinajstić information content (AvgIpc) is 3.26. The van der Waals surface area contributed by atoms with Crippen molar-refractivity contribution in [2.75, 3.05) is 7.11 Å². The molecular weight excluding hydrogens is 400 g/mol. The molecule has 2 aromatic carbocycles. The minimum Gasteiger partial charge on any atom is -0.496 e. The van der Waals surface area contributed by atoms with E-state index in [2.05, 4.69) is 4.98 Å². The molecule has 0 amide bonds. The summed E-state index contributed by atoms with van der Waals surface area (Å²) in [6.07, 6.45) is 3.40. The Hall–Kier alpha value is -3.71. The lowest BCUT2D eigenvalue weighted by atomic mass is 10.0. The highest BCUT2D eigenvalue weighted by Crippen LogP contribution is 2.25. The molecule has 0 saturated carbocycles. The van der Waals surface area contributed by atoms with Gasteiger partial charge in [0.25, 0.3) is 5.56 Å². The molecule has 2 heterocycles. The standard InChI is InChI=1S/C23H18N2O4S/c1-28-20-10-6-5-9-17(20)13-19(16-7-3-2-4-8-16)22(27)29-15-18-14-21(26)25-11-12-30-23(25)24-18/h2-14H,15H2,1H3/b19-13+. The maximum absolute atomic E-state index is 13.0. The lowest BCUT2D eigenvalue weighted by Gasteiger charge is -2.10. The molecule has 0 aliphatic heterocycles. The van der Waals surface area contributed by atoms with Gasteiger partial charge < -0.3 is 9.47 Å². The number of nitrogens with zero attached hydrogens (tertiary/aromatic N) is 2. The van der Waals surface area contributed by atoms with E-state index < -0.39 is 5.97 Å². The van der Waals surface area contributed by atoms with Gasteiger partial charge in [0.15, 0.2) is 4.96 Å². The van der Waals surface area contributed by atoms with Crippen LogP contribution in [0.4, 0.5) is 0 Å². The molecule has 0 bridgehead atoms. The van der Waals surface area contributed by atoms with Crippen molar-refractivity contribution >= 4 is 33.9 Å². The number of thiazole rings is 1. The zero-order valence-corrected chi connectivity index (χ0v) is 17.0. The van der Waals surface area contributed by atoms with Crippen molar-refractivity contribution in [1.82, 2.24) is 9.38 Å². The number of rotatable bonds is 6. The monoisotopic (exact) mass is 418 g/mol. The van der Waals surface area contributed by atoms with Gasteiger partial charge in [-0.05, 0) is 17.7 Å². The first kappa shape index (κ1) is 19.6. The number of benzene rings is 2. The number of methoxy groups -OCH3 is 1. The van der Waals surface area contributed by atoms with Crippen molar-refractivity contribution in [2.45, 2.75) is 6.61 Å². The van der Waals surface area contributed by atoms with Gasteiger partial charge in [0.2, 0.25) is 0 Å². The molecule has 0 N–H and O–H groups in total. The molecule has 0 fully saturated rings. The molecule has 0 aliphatic rings. The molecule has 0 radical (unpaired) electrons. The smallest absolute Gasteiger partial charge is 0.339 e. The van der Waals surface area contributed by atoms with E-state index in [9.17, 15) is 9.59 Å². The normalized spacial score (nSPS) is 11.4. The summed E-state index contributed by atoms with van der Waals surface area (Å²) in [5, 5.41) is 1.78. The third-order valence-electron chi connectivity index (χ3n) is 4.45. The predicted molar refractivity (Wildman–Crippen MR) is 116 cm³/mol. The van der Waals surface area contributed by atoms with Crippen LogP contribution in [0, 0.1) is 0 Å². The van der Waals surface area contributed by atoms with E-state index in [-0.39, 0.29) is 12.2 Å². The Labute approximate surface area is 176 Å². The molecule has 0 unspecified atom stereocenters. The number of carbonyl (C=O) groups is 1. The summed E-state index contributed by atoms with van der Waals surface area (Å²) in [6, 6.07) is 18.1. The van der Waals surface area contributed by atoms with Crippen LogP contribution in [0.5, 0.6) is 5.75 Å². The highest BCUT2D eigenvalue weighted by molar-refractivity contribution is 7.15. The van der Waals surface area contributed by atoms with Gasteiger partial charge in [-0.1, -0.05) is 48.5 Å². The first-order chi connectivity index (χ1) is 14.7. The summed E-state index contributed by atoms with van der Waals surface area (Å²) in [6.45, 7) is -0.0986. The van der Waals surface area contributed by atoms with Crippen molar-refractivity contribution in [1.29, 1.82) is 0 Å². The summed E-state index contributed by atoms with van der Waals surface area (Å²) in [4.78, 5) is 30.0. The molecule has 0 aliphatic carbocycles. The number of ether oxygens (including phenoxy) is 2. The maximum atomic E-state index is 13.0. The number of fused-ring (bicyclic) bond motifs is 1. The molecule has 0 atom stereocenters. The van der Waals surface area contributed by atoms with Crippen molar-refractivity contribution in [3.63, 3.8) is 0 Å². The van der Waals surface area contributed by atoms with Crippen molar-refractivity contribution in [2.24, 2.45) is 0 Å². The maximum Gasteiger partial charge on any atom is 0.339 e. The van der Waals surface area contributed by atoms with Crippen LogP contribution < -0.4 is 10.3 Å². The van der Waals surface area contributed by atoms with Crippen molar-refractivity contribution in [3.8, 4) is 5.75 Å². The van der Waals surface area contributed by atoms with Crippen LogP contribution in [0.2, 0.25) is 0 Å². The van der Waals surface area contributed by atoms with Gasteiger partial charge in [-0.2, -0.15) is 0 Å². The number of para-hydroxylation sites is 1. The Bertz CT molecular complexity index is 1280. The van der Waals surface area contributed by atoms with Gasteiger partial charge >= 0.3 is 5.97 Å². The average molecular weight is 418 g/mol. The summed E-state index contributed by atoms with van der Waals surface area (Å²) in [5.74, 6) is 0.136. The van der Waals surface area contributed by atoms with E-state index >= 15 is 0 Å². The summed E-state index contributed by atoms with van der Waals surface area (Å²) >= 11 is 1.35. The highest BCUT2D eigenvalue weighted by Gasteiger charge is 2.16. The minimum atomic E-state index is -0.514. The van der Waals surface area contributed by atoms with Gasteiger partial charge in [-0.25, -0.2) is 9.78 Å². The Morgan fingerprint density at radius 2 is 1.90 bits per heavy atom. The molecule has 4 rings (SSSR count). The molecule has 2 aromatic heterocycles. The quantitative estimate of drug-likeness (QED) is 0.268. The predicted octanol–water partition coefficient (Wildman–Crippen LogP) is 4.05. The SMILES string of the molecule is COc1ccccc1/C=C(/C(=O)OCc1cc(=O)n2ccsc2n1)c1ccccc1. The van der Waals surface area contributed by atoms with Crippen molar-refractivity contribution < 1.29 is 14.3 Å².